The molecular weight excluding hydrogens is 469 g/mol. The molecule has 0 radical (unpaired) electrons. The average Bonchev–Trinajstić information content (AvgIpc) is 3.21. The molecule has 1 amide bonds. The summed E-state index contributed by atoms with van der Waals surface area (Å²) >= 11 is 5.56. The van der Waals surface area contributed by atoms with Gasteiger partial charge in [-0.3, -0.25) is 9.89 Å². The molecule has 4 rings (SSSR count). The van der Waals surface area contributed by atoms with Crippen LogP contribution < -0.4 is 0 Å². The van der Waals surface area contributed by atoms with Crippen molar-refractivity contribution < 1.29 is 26.4 Å². The predicted molar refractivity (Wildman–Crippen MR) is 112 cm³/mol. The summed E-state index contributed by atoms with van der Waals surface area (Å²) in [6.07, 6.45) is -3.23. The molecule has 0 atom stereocenters. The number of carbonyl (C=O) groups excluding carboxylic acids is 1. The first-order valence-corrected chi connectivity index (χ1v) is 12.3. The topological polar surface area (TPSA) is 86.4 Å². The third-order valence-corrected chi connectivity index (χ3v) is 8.32. The molecule has 2 aliphatic heterocycles. The molecule has 174 valence electrons. The highest BCUT2D eigenvalue weighted by Gasteiger charge is 2.37. The Kier molecular flexibility index (Phi) is 6.25. The molecule has 0 spiro atoms. The Hall–Kier alpha value is -2.11. The Morgan fingerprint density at radius 1 is 1.19 bits per heavy atom. The van der Waals surface area contributed by atoms with E-state index in [1.165, 1.54) is 16.4 Å². The quantitative estimate of drug-likeness (QED) is 0.666. The van der Waals surface area contributed by atoms with E-state index in [2.05, 4.69) is 10.2 Å². The number of amides is 1. The van der Waals surface area contributed by atoms with Gasteiger partial charge in [0, 0.05) is 43.9 Å². The first-order chi connectivity index (χ1) is 15.1. The zero-order valence-electron chi connectivity index (χ0n) is 17.0. The van der Waals surface area contributed by atoms with Gasteiger partial charge in [-0.1, -0.05) is 18.2 Å². The minimum atomic E-state index is -4.42. The molecule has 1 N–H and O–H groups in total. The van der Waals surface area contributed by atoms with Gasteiger partial charge < -0.3 is 4.90 Å². The fourth-order valence-electron chi connectivity index (χ4n) is 4.41. The number of piperidine rings is 1. The molecule has 0 saturated carbocycles. The SMILES string of the molecule is O=C(c1n[nH]c2c1CN(S(=O)(=O)CCl)CC2)N1CCC(c2ccccc2C(F)(F)F)CC1. The van der Waals surface area contributed by atoms with E-state index < -0.39 is 27.0 Å². The molecule has 1 aromatic heterocycles. The van der Waals surface area contributed by atoms with E-state index in [0.717, 1.165) is 6.07 Å². The highest BCUT2D eigenvalue weighted by atomic mass is 35.5. The Balaban J connectivity index is 1.48. The van der Waals surface area contributed by atoms with Crippen LogP contribution >= 0.6 is 11.6 Å². The highest BCUT2D eigenvalue weighted by Crippen LogP contribution is 2.39. The van der Waals surface area contributed by atoms with Crippen molar-refractivity contribution in [2.45, 2.75) is 37.9 Å². The molecule has 2 aromatic rings. The van der Waals surface area contributed by atoms with E-state index in [1.54, 1.807) is 11.0 Å². The van der Waals surface area contributed by atoms with E-state index in [9.17, 15) is 26.4 Å². The van der Waals surface area contributed by atoms with Gasteiger partial charge in [-0.25, -0.2) is 8.42 Å². The number of sulfonamides is 1. The smallest absolute Gasteiger partial charge is 0.337 e. The summed E-state index contributed by atoms with van der Waals surface area (Å²) < 4.78 is 65.6. The first kappa shape index (κ1) is 23.1. The lowest BCUT2D eigenvalue weighted by Gasteiger charge is -2.33. The van der Waals surface area contributed by atoms with Crippen molar-refractivity contribution in [3.63, 3.8) is 0 Å². The summed E-state index contributed by atoms with van der Waals surface area (Å²) in [5, 5.41) is 6.39. The second-order valence-corrected chi connectivity index (χ2v) is 10.5. The summed E-state index contributed by atoms with van der Waals surface area (Å²) in [6, 6.07) is 5.56. The molecule has 2 aliphatic rings. The van der Waals surface area contributed by atoms with Crippen molar-refractivity contribution in [1.82, 2.24) is 19.4 Å². The Morgan fingerprint density at radius 3 is 2.53 bits per heavy atom. The summed E-state index contributed by atoms with van der Waals surface area (Å²) in [5.41, 5.74) is 1.02. The van der Waals surface area contributed by atoms with E-state index in [1.807, 2.05) is 0 Å². The van der Waals surface area contributed by atoms with Crippen molar-refractivity contribution in [2.75, 3.05) is 24.8 Å². The van der Waals surface area contributed by atoms with Crippen LogP contribution in [0, 0.1) is 0 Å². The Labute approximate surface area is 188 Å². The summed E-state index contributed by atoms with van der Waals surface area (Å²) in [7, 11) is -3.62. The van der Waals surface area contributed by atoms with Crippen molar-refractivity contribution in [1.29, 1.82) is 0 Å². The fourth-order valence-corrected chi connectivity index (χ4v) is 5.66. The van der Waals surface area contributed by atoms with Gasteiger partial charge in [0.05, 0.1) is 5.56 Å². The lowest BCUT2D eigenvalue weighted by atomic mass is 9.86. The number of fused-ring (bicyclic) bond motifs is 1. The third kappa shape index (κ3) is 4.38. The van der Waals surface area contributed by atoms with Crippen LogP contribution in [0.4, 0.5) is 13.2 Å². The maximum atomic E-state index is 13.4. The largest absolute Gasteiger partial charge is 0.416 e. The first-order valence-electron chi connectivity index (χ1n) is 10.2. The molecule has 0 unspecified atom stereocenters. The maximum absolute atomic E-state index is 13.4. The summed E-state index contributed by atoms with van der Waals surface area (Å²) in [5.74, 6) is -0.649. The molecule has 3 heterocycles. The fraction of sp³-hybridized carbons (Fsp3) is 0.500. The monoisotopic (exact) mass is 490 g/mol. The van der Waals surface area contributed by atoms with Gasteiger partial charge in [0.25, 0.3) is 5.91 Å². The van der Waals surface area contributed by atoms with Crippen LogP contribution in [0.1, 0.15) is 51.6 Å². The van der Waals surface area contributed by atoms with E-state index >= 15 is 0 Å². The number of likely N-dealkylation sites (tertiary alicyclic amines) is 1. The summed E-state index contributed by atoms with van der Waals surface area (Å²) in [4.78, 5) is 14.7. The zero-order valence-corrected chi connectivity index (χ0v) is 18.6. The minimum Gasteiger partial charge on any atom is -0.337 e. The van der Waals surface area contributed by atoms with Crippen LogP contribution in [0.3, 0.4) is 0 Å². The standard InChI is InChI=1S/C20H22ClF3N4O3S/c21-12-32(30,31)28-10-7-17-15(11-28)18(26-25-17)19(29)27-8-5-13(6-9-27)14-3-1-2-4-16(14)20(22,23)24/h1-4,13H,5-12H2,(H,25,26). The Bertz CT molecular complexity index is 1110. The zero-order chi connectivity index (χ0) is 23.1. The van der Waals surface area contributed by atoms with Gasteiger partial charge in [-0.15, -0.1) is 11.6 Å². The molecule has 0 aliphatic carbocycles. The summed E-state index contributed by atoms with van der Waals surface area (Å²) in [6.45, 7) is 0.849. The van der Waals surface area contributed by atoms with Crippen LogP contribution in [0.15, 0.2) is 24.3 Å². The molecule has 1 saturated heterocycles. The average molecular weight is 491 g/mol. The Morgan fingerprint density at radius 2 is 1.88 bits per heavy atom. The minimum absolute atomic E-state index is 0.0113. The van der Waals surface area contributed by atoms with E-state index in [-0.39, 0.29) is 36.2 Å². The molecule has 0 bridgehead atoms. The van der Waals surface area contributed by atoms with Gasteiger partial charge in [-0.2, -0.15) is 22.6 Å². The molecule has 1 aromatic carbocycles. The van der Waals surface area contributed by atoms with E-state index in [4.69, 9.17) is 11.6 Å². The van der Waals surface area contributed by atoms with Crippen LogP contribution in [-0.4, -0.2) is 58.6 Å². The lowest BCUT2D eigenvalue weighted by molar-refractivity contribution is -0.138. The number of benzene rings is 1. The number of hydrogen-bond donors (Lipinski definition) is 1. The number of H-pyrrole nitrogens is 1. The highest BCUT2D eigenvalue weighted by molar-refractivity contribution is 7.90. The number of halogens is 4. The van der Waals surface area contributed by atoms with Crippen LogP contribution in [0.25, 0.3) is 0 Å². The number of nitrogens with zero attached hydrogens (tertiary/aromatic N) is 3. The molecule has 32 heavy (non-hydrogen) atoms. The molecular formula is C20H22ClF3N4O3S. The van der Waals surface area contributed by atoms with Crippen molar-refractivity contribution in [2.24, 2.45) is 0 Å². The van der Waals surface area contributed by atoms with Crippen LogP contribution in [0.5, 0.6) is 0 Å². The van der Waals surface area contributed by atoms with Gasteiger partial charge in [0.15, 0.2) is 5.69 Å². The lowest BCUT2D eigenvalue weighted by Crippen LogP contribution is -2.40. The van der Waals surface area contributed by atoms with Crippen molar-refractivity contribution in [3.05, 3.63) is 52.3 Å². The number of aromatic amines is 1. The molecule has 12 heteroatoms. The van der Waals surface area contributed by atoms with Crippen LogP contribution in [0.2, 0.25) is 0 Å². The number of carbonyl (C=O) groups is 1. The molecule has 1 fully saturated rings. The van der Waals surface area contributed by atoms with Gasteiger partial charge in [-0.05, 0) is 30.4 Å². The number of hydrogen-bond acceptors (Lipinski definition) is 4. The number of alkyl halides is 4. The third-order valence-electron chi connectivity index (χ3n) is 6.12. The van der Waals surface area contributed by atoms with Crippen molar-refractivity contribution >= 4 is 27.5 Å². The number of aromatic nitrogens is 2. The van der Waals surface area contributed by atoms with Crippen LogP contribution in [-0.2, 0) is 29.2 Å². The second-order valence-electron chi connectivity index (χ2n) is 7.99. The van der Waals surface area contributed by atoms with E-state index in [0.29, 0.717) is 43.6 Å². The van der Waals surface area contributed by atoms with Gasteiger partial charge >= 0.3 is 6.18 Å². The van der Waals surface area contributed by atoms with Gasteiger partial charge in [0.1, 0.15) is 5.21 Å². The normalized spacial score (nSPS) is 18.6. The maximum Gasteiger partial charge on any atom is 0.416 e. The van der Waals surface area contributed by atoms with Gasteiger partial charge in [0.2, 0.25) is 10.0 Å². The molecule has 7 nitrogen and oxygen atoms in total. The number of nitrogens with one attached hydrogen (secondary N) is 1. The van der Waals surface area contributed by atoms with Crippen molar-refractivity contribution in [3.8, 4) is 0 Å². The predicted octanol–water partition coefficient (Wildman–Crippen LogP) is 3.33. The second kappa shape index (κ2) is 8.68. The number of rotatable bonds is 4.